The van der Waals surface area contributed by atoms with E-state index in [4.69, 9.17) is 5.73 Å². The molecule has 1 aliphatic heterocycles. The standard InChI is InChI=1S/C18H20FN3O3/c1-21-5-4-9(7-21)14-13(19)6-11-16(15(14)20)22(10-2-3-10)8-12(17(11)23)18(24)25/h6,8-10H,2-5,7,20H2,1H3,(H,24,25). The maximum absolute atomic E-state index is 14.8. The molecule has 2 aliphatic rings. The molecule has 0 bridgehead atoms. The number of carboxylic acids is 1. The topological polar surface area (TPSA) is 88.6 Å². The van der Waals surface area contributed by atoms with Crippen molar-refractivity contribution < 1.29 is 14.3 Å². The second-order valence-corrected chi connectivity index (χ2v) is 7.15. The minimum absolute atomic E-state index is 0.0173. The van der Waals surface area contributed by atoms with Crippen LogP contribution >= 0.6 is 0 Å². The van der Waals surface area contributed by atoms with Crippen LogP contribution < -0.4 is 11.2 Å². The van der Waals surface area contributed by atoms with Crippen molar-refractivity contribution in [2.24, 2.45) is 0 Å². The number of nitrogen functional groups attached to an aromatic ring is 1. The van der Waals surface area contributed by atoms with Gasteiger partial charge in [0.2, 0.25) is 5.43 Å². The number of nitrogens with zero attached hydrogens (tertiary/aromatic N) is 2. The Bertz CT molecular complexity index is 949. The lowest BCUT2D eigenvalue weighted by Gasteiger charge is -2.20. The van der Waals surface area contributed by atoms with E-state index in [9.17, 15) is 19.1 Å². The molecule has 3 N–H and O–H groups in total. The van der Waals surface area contributed by atoms with Crippen molar-refractivity contribution in [3.63, 3.8) is 0 Å². The summed E-state index contributed by atoms with van der Waals surface area (Å²) in [6, 6.07) is 1.29. The number of likely N-dealkylation sites (tertiary alicyclic amines) is 1. The lowest BCUT2D eigenvalue weighted by molar-refractivity contribution is 0.0695. The molecule has 132 valence electrons. The molecule has 6 nitrogen and oxygen atoms in total. The van der Waals surface area contributed by atoms with Crippen LogP contribution in [0.2, 0.25) is 0 Å². The number of fused-ring (bicyclic) bond motifs is 1. The van der Waals surface area contributed by atoms with Crippen LogP contribution in [0.1, 0.15) is 47.1 Å². The van der Waals surface area contributed by atoms with Crippen molar-refractivity contribution in [1.82, 2.24) is 9.47 Å². The first-order chi connectivity index (χ1) is 11.9. The van der Waals surface area contributed by atoms with Crippen LogP contribution in [0.3, 0.4) is 0 Å². The molecule has 2 aromatic rings. The Hall–Kier alpha value is -2.41. The van der Waals surface area contributed by atoms with Gasteiger partial charge in [0, 0.05) is 30.3 Å². The summed E-state index contributed by atoms with van der Waals surface area (Å²) in [5.41, 5.74) is 6.52. The summed E-state index contributed by atoms with van der Waals surface area (Å²) < 4.78 is 16.6. The van der Waals surface area contributed by atoms with Crippen molar-refractivity contribution in [1.29, 1.82) is 0 Å². The molecule has 1 unspecified atom stereocenters. The summed E-state index contributed by atoms with van der Waals surface area (Å²) in [6.45, 7) is 1.59. The molecule has 0 amide bonds. The molecule has 7 heteroatoms. The summed E-state index contributed by atoms with van der Waals surface area (Å²) in [7, 11) is 1.98. The second kappa shape index (κ2) is 5.56. The molecule has 2 heterocycles. The van der Waals surface area contributed by atoms with Crippen LogP contribution in [-0.4, -0.2) is 40.7 Å². The third-order valence-corrected chi connectivity index (χ3v) is 5.31. The predicted octanol–water partition coefficient (Wildman–Crippen LogP) is 2.17. The number of hydrogen-bond acceptors (Lipinski definition) is 4. The van der Waals surface area contributed by atoms with Gasteiger partial charge in [-0.25, -0.2) is 9.18 Å². The molecular weight excluding hydrogens is 325 g/mol. The Kier molecular flexibility index (Phi) is 3.57. The van der Waals surface area contributed by atoms with E-state index in [1.807, 2.05) is 7.05 Å². The fraction of sp³-hybridized carbons (Fsp3) is 0.444. The Labute approximate surface area is 143 Å². The van der Waals surface area contributed by atoms with Crippen molar-refractivity contribution in [3.05, 3.63) is 39.4 Å². The van der Waals surface area contributed by atoms with Gasteiger partial charge in [-0.1, -0.05) is 0 Å². The number of carboxylic acid groups (broad SMARTS) is 1. The number of aromatic nitrogens is 1. The molecule has 25 heavy (non-hydrogen) atoms. The van der Waals surface area contributed by atoms with Gasteiger partial charge < -0.3 is 20.3 Å². The van der Waals surface area contributed by atoms with Gasteiger partial charge in [0.1, 0.15) is 11.4 Å². The Morgan fingerprint density at radius 3 is 2.64 bits per heavy atom. The highest BCUT2D eigenvalue weighted by Gasteiger charge is 2.32. The maximum atomic E-state index is 14.8. The lowest BCUT2D eigenvalue weighted by atomic mass is 9.93. The lowest BCUT2D eigenvalue weighted by Crippen LogP contribution is -2.21. The van der Waals surface area contributed by atoms with Crippen molar-refractivity contribution in [3.8, 4) is 0 Å². The summed E-state index contributed by atoms with van der Waals surface area (Å²) in [5.74, 6) is -1.84. The molecule has 1 saturated heterocycles. The number of benzene rings is 1. The van der Waals surface area contributed by atoms with Crippen LogP contribution in [0.5, 0.6) is 0 Å². The van der Waals surface area contributed by atoms with Crippen LogP contribution in [-0.2, 0) is 0 Å². The number of rotatable bonds is 3. The number of halogens is 1. The maximum Gasteiger partial charge on any atom is 0.341 e. The van der Waals surface area contributed by atoms with Gasteiger partial charge in [0.05, 0.1) is 16.6 Å². The molecule has 2 fully saturated rings. The number of nitrogens with two attached hydrogens (primary N) is 1. The van der Waals surface area contributed by atoms with E-state index >= 15 is 0 Å². The average molecular weight is 345 g/mol. The van der Waals surface area contributed by atoms with Gasteiger partial charge in [-0.15, -0.1) is 0 Å². The minimum atomic E-state index is -1.30. The average Bonchev–Trinajstić information content (AvgIpc) is 3.30. The number of carbonyl (C=O) groups is 1. The molecule has 1 aromatic carbocycles. The van der Waals surface area contributed by atoms with Gasteiger partial charge in [0.15, 0.2) is 0 Å². The smallest absolute Gasteiger partial charge is 0.341 e. The number of likely N-dealkylation sites (N-methyl/N-ethyl adjacent to an activating group) is 1. The molecule has 4 rings (SSSR count). The highest BCUT2D eigenvalue weighted by molar-refractivity contribution is 5.97. The summed E-state index contributed by atoms with van der Waals surface area (Å²) >= 11 is 0. The third kappa shape index (κ3) is 2.50. The summed E-state index contributed by atoms with van der Waals surface area (Å²) in [5, 5.41) is 9.36. The van der Waals surface area contributed by atoms with Gasteiger partial charge in [-0.05, 0) is 38.9 Å². The Morgan fingerprint density at radius 1 is 1.36 bits per heavy atom. The largest absolute Gasteiger partial charge is 0.477 e. The van der Waals surface area contributed by atoms with E-state index in [-0.39, 0.29) is 28.6 Å². The summed E-state index contributed by atoms with van der Waals surface area (Å²) in [4.78, 5) is 26.0. The van der Waals surface area contributed by atoms with Crippen molar-refractivity contribution in [2.45, 2.75) is 31.2 Å². The molecule has 0 radical (unpaired) electrons. The van der Waals surface area contributed by atoms with Crippen molar-refractivity contribution >= 4 is 22.6 Å². The highest BCUT2D eigenvalue weighted by atomic mass is 19.1. The normalized spacial score (nSPS) is 21.1. The van der Waals surface area contributed by atoms with E-state index < -0.39 is 17.2 Å². The first kappa shape index (κ1) is 16.1. The van der Waals surface area contributed by atoms with E-state index in [1.54, 1.807) is 4.57 Å². The van der Waals surface area contributed by atoms with E-state index in [2.05, 4.69) is 4.90 Å². The van der Waals surface area contributed by atoms with Crippen LogP contribution in [0.25, 0.3) is 10.9 Å². The first-order valence-corrected chi connectivity index (χ1v) is 8.47. The van der Waals surface area contributed by atoms with Gasteiger partial charge in [-0.3, -0.25) is 4.79 Å². The highest BCUT2D eigenvalue weighted by Crippen LogP contribution is 2.41. The van der Waals surface area contributed by atoms with Crippen LogP contribution in [0.4, 0.5) is 10.1 Å². The number of aromatic carboxylic acids is 1. The molecule has 1 aliphatic carbocycles. The van der Waals surface area contributed by atoms with Crippen molar-refractivity contribution in [2.75, 3.05) is 25.9 Å². The van der Waals surface area contributed by atoms with Crippen LogP contribution in [0, 0.1) is 5.82 Å². The zero-order chi connectivity index (χ0) is 17.9. The molecule has 0 spiro atoms. The number of anilines is 1. The van der Waals surface area contributed by atoms with Gasteiger partial charge in [-0.2, -0.15) is 0 Å². The quantitative estimate of drug-likeness (QED) is 0.833. The SMILES string of the molecule is CN1CCC(c2c(F)cc3c(=O)c(C(=O)O)cn(C4CC4)c3c2N)C1. The Balaban J connectivity index is 2.03. The fourth-order valence-electron chi connectivity index (χ4n) is 3.91. The van der Waals surface area contributed by atoms with Gasteiger partial charge >= 0.3 is 5.97 Å². The summed E-state index contributed by atoms with van der Waals surface area (Å²) in [6.07, 6.45) is 3.97. The number of pyridine rings is 1. The molecule has 1 atom stereocenters. The molecule has 1 saturated carbocycles. The van der Waals surface area contributed by atoms with E-state index in [1.165, 1.54) is 12.3 Å². The van der Waals surface area contributed by atoms with Crippen LogP contribution in [0.15, 0.2) is 17.1 Å². The Morgan fingerprint density at radius 2 is 2.08 bits per heavy atom. The third-order valence-electron chi connectivity index (χ3n) is 5.31. The molecule has 1 aromatic heterocycles. The monoisotopic (exact) mass is 345 g/mol. The van der Waals surface area contributed by atoms with Gasteiger partial charge in [0.25, 0.3) is 0 Å². The zero-order valence-electron chi connectivity index (χ0n) is 14.0. The molecular formula is C18H20FN3O3. The first-order valence-electron chi connectivity index (χ1n) is 8.47. The van der Waals surface area contributed by atoms with E-state index in [0.29, 0.717) is 17.6 Å². The second-order valence-electron chi connectivity index (χ2n) is 7.15. The predicted molar refractivity (Wildman–Crippen MR) is 92.7 cm³/mol. The van der Waals surface area contributed by atoms with E-state index in [0.717, 1.165) is 25.8 Å². The fourth-order valence-corrected chi connectivity index (χ4v) is 3.91. The number of hydrogen-bond donors (Lipinski definition) is 2. The zero-order valence-corrected chi connectivity index (χ0v) is 14.0. The minimum Gasteiger partial charge on any atom is -0.477 e.